The Hall–Kier alpha value is -2.21. The molecule has 0 spiro atoms. The van der Waals surface area contributed by atoms with E-state index in [4.69, 9.17) is 5.26 Å². The molecule has 0 aliphatic heterocycles. The lowest BCUT2D eigenvalue weighted by atomic mass is 9.93. The quantitative estimate of drug-likeness (QED) is 0.804. The van der Waals surface area contributed by atoms with E-state index in [0.717, 1.165) is 11.1 Å². The molecule has 2 rings (SSSR count). The molecule has 2 aromatic rings. The first kappa shape index (κ1) is 12.3. The number of benzene rings is 2. The molecule has 0 saturated heterocycles. The van der Waals surface area contributed by atoms with Crippen LogP contribution in [0.1, 0.15) is 17.0 Å². The van der Waals surface area contributed by atoms with Gasteiger partial charge in [-0.2, -0.15) is 5.26 Å². The average molecular weight is 243 g/mol. The maximum atomic E-state index is 13.0. The second-order valence-electron chi connectivity index (χ2n) is 4.07. The van der Waals surface area contributed by atoms with Gasteiger partial charge in [-0.15, -0.1) is 0 Å². The fourth-order valence-electron chi connectivity index (χ4n) is 1.83. The maximum Gasteiger partial charge on any atom is 0.123 e. The molecule has 3 heteroatoms. The minimum absolute atomic E-state index is 0.316. The predicted octanol–water partition coefficient (Wildman–Crippen LogP) is 3.81. The zero-order valence-electron chi connectivity index (χ0n) is 9.61. The molecule has 0 fully saturated rings. The summed E-state index contributed by atoms with van der Waals surface area (Å²) in [6, 6.07) is 14.1. The third-order valence-corrected chi connectivity index (χ3v) is 2.76. The fourth-order valence-corrected chi connectivity index (χ4v) is 1.83. The lowest BCUT2D eigenvalue weighted by molar-refractivity contribution is 0.623. The Labute approximate surface area is 104 Å². The van der Waals surface area contributed by atoms with E-state index in [2.05, 4.69) is 6.07 Å². The molecule has 0 bridgehead atoms. The van der Waals surface area contributed by atoms with Crippen LogP contribution in [0.2, 0.25) is 0 Å². The molecule has 90 valence electrons. The Morgan fingerprint density at radius 2 is 1.72 bits per heavy atom. The fraction of sp³-hybridized carbons (Fsp3) is 0.133. The van der Waals surface area contributed by atoms with Crippen LogP contribution < -0.4 is 0 Å². The van der Waals surface area contributed by atoms with Gasteiger partial charge in [0.25, 0.3) is 0 Å². The summed E-state index contributed by atoms with van der Waals surface area (Å²) in [4.78, 5) is 0. The van der Waals surface area contributed by atoms with Crippen molar-refractivity contribution in [2.75, 3.05) is 0 Å². The highest BCUT2D eigenvalue weighted by Gasteiger charge is 2.11. The molecule has 0 radical (unpaired) electrons. The molecule has 0 amide bonds. The number of nitrogens with zero attached hydrogens (tertiary/aromatic N) is 1. The van der Waals surface area contributed by atoms with Gasteiger partial charge in [0.05, 0.1) is 12.0 Å². The van der Waals surface area contributed by atoms with Gasteiger partial charge < -0.3 is 0 Å². The Balaban J connectivity index is 2.20. The molecule has 1 unspecified atom stereocenters. The summed E-state index contributed by atoms with van der Waals surface area (Å²) in [7, 11) is 0. The van der Waals surface area contributed by atoms with E-state index in [1.54, 1.807) is 24.3 Å². The summed E-state index contributed by atoms with van der Waals surface area (Å²) in [6.07, 6.45) is 0.417. The highest BCUT2D eigenvalue weighted by Crippen LogP contribution is 2.21. The third-order valence-electron chi connectivity index (χ3n) is 2.76. The van der Waals surface area contributed by atoms with Crippen LogP contribution in [-0.2, 0) is 6.42 Å². The molecule has 0 aliphatic carbocycles. The SMILES string of the molecule is N#CC(Cc1cccc(F)c1)c1ccc(F)cc1. The smallest absolute Gasteiger partial charge is 0.123 e. The monoisotopic (exact) mass is 243 g/mol. The van der Waals surface area contributed by atoms with Crippen molar-refractivity contribution in [1.82, 2.24) is 0 Å². The standard InChI is InChI=1S/C15H11F2N/c16-14-6-4-12(5-7-14)13(10-18)8-11-2-1-3-15(17)9-11/h1-7,9,13H,8H2. The Bertz CT molecular complexity index is 570. The van der Waals surface area contributed by atoms with Crippen molar-refractivity contribution in [2.24, 2.45) is 0 Å². The van der Waals surface area contributed by atoms with Gasteiger partial charge in [-0.25, -0.2) is 8.78 Å². The van der Waals surface area contributed by atoms with Gasteiger partial charge >= 0.3 is 0 Å². The van der Waals surface area contributed by atoms with Gasteiger partial charge in [0, 0.05) is 0 Å². The van der Waals surface area contributed by atoms with Gasteiger partial charge in [0.15, 0.2) is 0 Å². The van der Waals surface area contributed by atoms with Crippen LogP contribution in [0, 0.1) is 23.0 Å². The minimum Gasteiger partial charge on any atom is -0.207 e. The highest BCUT2D eigenvalue weighted by molar-refractivity contribution is 5.29. The van der Waals surface area contributed by atoms with E-state index in [1.165, 1.54) is 24.3 Å². The van der Waals surface area contributed by atoms with Crippen LogP contribution in [0.5, 0.6) is 0 Å². The van der Waals surface area contributed by atoms with Crippen molar-refractivity contribution in [3.63, 3.8) is 0 Å². The molecular weight excluding hydrogens is 232 g/mol. The lowest BCUT2D eigenvalue weighted by Crippen LogP contribution is -2.00. The van der Waals surface area contributed by atoms with Crippen molar-refractivity contribution in [3.8, 4) is 6.07 Å². The van der Waals surface area contributed by atoms with Crippen LogP contribution in [-0.4, -0.2) is 0 Å². The Kier molecular flexibility index (Phi) is 3.69. The molecule has 18 heavy (non-hydrogen) atoms. The van der Waals surface area contributed by atoms with E-state index in [1.807, 2.05) is 0 Å². The number of halogens is 2. The summed E-state index contributed by atoms with van der Waals surface area (Å²) in [5.41, 5.74) is 1.49. The number of hydrogen-bond donors (Lipinski definition) is 0. The molecule has 0 saturated carbocycles. The summed E-state index contributed by atoms with van der Waals surface area (Å²) in [5.74, 6) is -1.04. The second-order valence-corrected chi connectivity index (χ2v) is 4.07. The van der Waals surface area contributed by atoms with E-state index >= 15 is 0 Å². The van der Waals surface area contributed by atoms with Crippen molar-refractivity contribution in [2.45, 2.75) is 12.3 Å². The number of nitriles is 1. The molecule has 1 atom stereocenters. The van der Waals surface area contributed by atoms with Gasteiger partial charge in [-0.3, -0.25) is 0 Å². The summed E-state index contributed by atoms with van der Waals surface area (Å²) < 4.78 is 25.8. The molecule has 0 aromatic heterocycles. The van der Waals surface area contributed by atoms with Gasteiger partial charge in [-0.1, -0.05) is 24.3 Å². The van der Waals surface area contributed by atoms with Crippen LogP contribution in [0.4, 0.5) is 8.78 Å². The van der Waals surface area contributed by atoms with Crippen LogP contribution in [0.3, 0.4) is 0 Å². The summed E-state index contributed by atoms with van der Waals surface area (Å²) in [5, 5.41) is 9.14. The van der Waals surface area contributed by atoms with Gasteiger partial charge in [-0.05, 0) is 41.8 Å². The van der Waals surface area contributed by atoms with Crippen molar-refractivity contribution in [1.29, 1.82) is 5.26 Å². The van der Waals surface area contributed by atoms with Gasteiger partial charge in [0.2, 0.25) is 0 Å². The van der Waals surface area contributed by atoms with Crippen molar-refractivity contribution < 1.29 is 8.78 Å². The predicted molar refractivity (Wildman–Crippen MR) is 64.9 cm³/mol. The first-order valence-electron chi connectivity index (χ1n) is 5.58. The topological polar surface area (TPSA) is 23.8 Å². The third kappa shape index (κ3) is 2.92. The number of rotatable bonds is 3. The normalized spacial score (nSPS) is 11.8. The first-order chi connectivity index (χ1) is 8.69. The van der Waals surface area contributed by atoms with E-state index in [-0.39, 0.29) is 11.6 Å². The van der Waals surface area contributed by atoms with Crippen LogP contribution in [0.25, 0.3) is 0 Å². The van der Waals surface area contributed by atoms with E-state index < -0.39 is 5.92 Å². The second kappa shape index (κ2) is 5.42. The molecule has 0 heterocycles. The summed E-state index contributed by atoms with van der Waals surface area (Å²) >= 11 is 0. The molecule has 0 aliphatic rings. The first-order valence-corrected chi connectivity index (χ1v) is 5.58. The Morgan fingerprint density at radius 3 is 2.33 bits per heavy atom. The van der Waals surface area contributed by atoms with Crippen molar-refractivity contribution >= 4 is 0 Å². The molecule has 2 aromatic carbocycles. The zero-order chi connectivity index (χ0) is 13.0. The minimum atomic E-state index is -0.396. The highest BCUT2D eigenvalue weighted by atomic mass is 19.1. The average Bonchev–Trinajstić information content (AvgIpc) is 2.37. The Morgan fingerprint density at radius 1 is 1.00 bits per heavy atom. The maximum absolute atomic E-state index is 13.0. The zero-order valence-corrected chi connectivity index (χ0v) is 9.61. The largest absolute Gasteiger partial charge is 0.207 e. The van der Waals surface area contributed by atoms with Gasteiger partial charge in [0.1, 0.15) is 11.6 Å². The summed E-state index contributed by atoms with van der Waals surface area (Å²) in [6.45, 7) is 0. The van der Waals surface area contributed by atoms with Crippen LogP contribution >= 0.6 is 0 Å². The van der Waals surface area contributed by atoms with E-state index in [9.17, 15) is 8.78 Å². The van der Waals surface area contributed by atoms with E-state index in [0.29, 0.717) is 6.42 Å². The molecule has 1 nitrogen and oxygen atoms in total. The molecular formula is C15H11F2N. The van der Waals surface area contributed by atoms with Crippen LogP contribution in [0.15, 0.2) is 48.5 Å². The molecule has 0 N–H and O–H groups in total. The lowest BCUT2D eigenvalue weighted by Gasteiger charge is -2.09. The number of hydrogen-bond acceptors (Lipinski definition) is 1. The van der Waals surface area contributed by atoms with Crippen molar-refractivity contribution in [3.05, 3.63) is 71.3 Å².